The number of anilines is 1. The van der Waals surface area contributed by atoms with Gasteiger partial charge in [0.15, 0.2) is 16.2 Å². The quantitative estimate of drug-likeness (QED) is 0.487. The number of hydrogen-bond acceptors (Lipinski definition) is 8. The van der Waals surface area contributed by atoms with E-state index >= 15 is 0 Å². The maximum atomic E-state index is 11.3. The van der Waals surface area contributed by atoms with Crippen molar-refractivity contribution in [3.05, 3.63) is 32.8 Å². The van der Waals surface area contributed by atoms with Gasteiger partial charge in [0.2, 0.25) is 0 Å². The Balaban J connectivity index is 2.12. The smallest absolute Gasteiger partial charge is 0.339 e. The molecule has 2 aromatic heterocycles. The second-order valence-corrected chi connectivity index (χ2v) is 4.92. The molecule has 0 bridgehead atoms. The van der Waals surface area contributed by atoms with E-state index in [0.717, 1.165) is 11.8 Å². The fraction of sp³-hybridized carbons (Fsp3) is 0.100. The maximum Gasteiger partial charge on any atom is 0.339 e. The second-order valence-electron chi connectivity index (χ2n) is 3.92. The normalized spacial score (nSPS) is 11.1. The van der Waals surface area contributed by atoms with Crippen LogP contribution in [0.2, 0.25) is 0 Å². The van der Waals surface area contributed by atoms with Gasteiger partial charge in [-0.25, -0.2) is 4.63 Å². The second kappa shape index (κ2) is 4.49. The van der Waals surface area contributed by atoms with Crippen LogP contribution >= 0.6 is 11.8 Å². The Hall–Kier alpha value is -2.62. The standard InChI is InChI=1S/C10H8N6O3S/c1-16-10(12-8(17)9(18)13-16)20-5-3-2-4(11)6-7(5)15-19-14-6/h2-3H,11H2,1H3,(H,13,18). The number of benzene rings is 1. The molecule has 0 spiro atoms. The number of hydrogen-bond donors (Lipinski definition) is 2. The summed E-state index contributed by atoms with van der Waals surface area (Å²) in [5.74, 6) is 0. The Morgan fingerprint density at radius 1 is 1.30 bits per heavy atom. The molecule has 0 saturated heterocycles. The highest BCUT2D eigenvalue weighted by molar-refractivity contribution is 7.99. The van der Waals surface area contributed by atoms with Gasteiger partial charge in [0.1, 0.15) is 0 Å². The van der Waals surface area contributed by atoms with Crippen LogP contribution in [-0.2, 0) is 7.05 Å². The number of rotatable bonds is 2. The van der Waals surface area contributed by atoms with E-state index in [1.807, 2.05) is 0 Å². The van der Waals surface area contributed by atoms with Gasteiger partial charge >= 0.3 is 11.1 Å². The van der Waals surface area contributed by atoms with E-state index in [0.29, 0.717) is 26.8 Å². The van der Waals surface area contributed by atoms with E-state index in [1.165, 1.54) is 4.68 Å². The van der Waals surface area contributed by atoms with Gasteiger partial charge < -0.3 is 5.73 Å². The molecule has 102 valence electrons. The van der Waals surface area contributed by atoms with Crippen molar-refractivity contribution in [2.75, 3.05) is 5.73 Å². The maximum absolute atomic E-state index is 11.3. The minimum atomic E-state index is -0.851. The molecular formula is C10H8N6O3S. The Morgan fingerprint density at radius 2 is 2.05 bits per heavy atom. The molecule has 0 unspecified atom stereocenters. The molecule has 3 aromatic rings. The summed E-state index contributed by atoms with van der Waals surface area (Å²) in [5.41, 5.74) is 5.46. The Bertz CT molecular complexity index is 911. The highest BCUT2D eigenvalue weighted by atomic mass is 32.2. The monoisotopic (exact) mass is 292 g/mol. The highest BCUT2D eigenvalue weighted by Gasteiger charge is 2.13. The van der Waals surface area contributed by atoms with Crippen molar-refractivity contribution in [2.24, 2.45) is 7.05 Å². The van der Waals surface area contributed by atoms with Crippen molar-refractivity contribution in [1.29, 1.82) is 0 Å². The molecule has 1 aromatic carbocycles. The van der Waals surface area contributed by atoms with Gasteiger partial charge in [0.25, 0.3) is 0 Å². The first-order chi connectivity index (χ1) is 9.56. The molecule has 0 aliphatic rings. The largest absolute Gasteiger partial charge is 0.397 e. The summed E-state index contributed by atoms with van der Waals surface area (Å²) in [6.45, 7) is 0. The molecule has 10 heteroatoms. The van der Waals surface area contributed by atoms with Gasteiger partial charge in [-0.1, -0.05) is 0 Å². The Labute approximate surface area is 114 Å². The topological polar surface area (TPSA) is 133 Å². The fourth-order valence-electron chi connectivity index (χ4n) is 1.60. The lowest BCUT2D eigenvalue weighted by atomic mass is 10.3. The zero-order valence-electron chi connectivity index (χ0n) is 10.2. The summed E-state index contributed by atoms with van der Waals surface area (Å²) >= 11 is 1.14. The summed E-state index contributed by atoms with van der Waals surface area (Å²) in [6.07, 6.45) is 0. The molecule has 0 aliphatic heterocycles. The lowest BCUT2D eigenvalue weighted by Crippen LogP contribution is -2.33. The van der Waals surface area contributed by atoms with E-state index in [9.17, 15) is 9.59 Å². The third kappa shape index (κ3) is 1.95. The van der Waals surface area contributed by atoms with Crippen molar-refractivity contribution >= 4 is 28.5 Å². The minimum Gasteiger partial charge on any atom is -0.397 e. The Morgan fingerprint density at radius 3 is 2.85 bits per heavy atom. The van der Waals surface area contributed by atoms with Crippen LogP contribution in [0.1, 0.15) is 0 Å². The lowest BCUT2D eigenvalue weighted by Gasteiger charge is -2.06. The molecule has 9 nitrogen and oxygen atoms in total. The number of aromatic nitrogens is 5. The molecule has 3 N–H and O–H groups in total. The first-order valence-corrected chi connectivity index (χ1v) is 6.24. The molecular weight excluding hydrogens is 284 g/mol. The average Bonchev–Trinajstić information content (AvgIpc) is 2.89. The number of nitrogens with two attached hydrogens (primary N) is 1. The van der Waals surface area contributed by atoms with Gasteiger partial charge in [-0.05, 0) is 34.2 Å². The molecule has 0 fully saturated rings. The summed E-state index contributed by atoms with van der Waals surface area (Å²) in [7, 11) is 1.58. The average molecular weight is 292 g/mol. The molecule has 0 aliphatic carbocycles. The van der Waals surface area contributed by atoms with Crippen molar-refractivity contribution in [3.63, 3.8) is 0 Å². The van der Waals surface area contributed by atoms with E-state index in [2.05, 4.69) is 25.0 Å². The summed E-state index contributed by atoms with van der Waals surface area (Å²) < 4.78 is 6.01. The van der Waals surface area contributed by atoms with Gasteiger partial charge in [0, 0.05) is 11.9 Å². The van der Waals surface area contributed by atoms with E-state index in [-0.39, 0.29) is 0 Å². The first-order valence-electron chi connectivity index (χ1n) is 5.42. The SMILES string of the molecule is Cn1[nH]c(=O)c(=O)nc1Sc1ccc(N)c2nonc12. The first kappa shape index (κ1) is 12.4. The number of aromatic amines is 1. The zero-order chi connectivity index (χ0) is 14.3. The number of nitrogens with one attached hydrogen (secondary N) is 1. The van der Waals surface area contributed by atoms with Crippen LogP contribution in [-0.4, -0.2) is 25.1 Å². The molecule has 0 saturated carbocycles. The molecule has 0 radical (unpaired) electrons. The van der Waals surface area contributed by atoms with Crippen LogP contribution in [0.4, 0.5) is 5.69 Å². The van der Waals surface area contributed by atoms with Crippen LogP contribution in [0.15, 0.2) is 36.4 Å². The highest BCUT2D eigenvalue weighted by Crippen LogP contribution is 2.32. The van der Waals surface area contributed by atoms with Crippen molar-refractivity contribution in [3.8, 4) is 0 Å². The van der Waals surface area contributed by atoms with Crippen molar-refractivity contribution in [2.45, 2.75) is 10.1 Å². The third-order valence-corrected chi connectivity index (χ3v) is 3.66. The van der Waals surface area contributed by atoms with Crippen LogP contribution in [0.3, 0.4) is 0 Å². The number of aryl methyl sites for hydroxylation is 1. The summed E-state index contributed by atoms with van der Waals surface area (Å²) in [6, 6.07) is 3.36. The number of nitrogen functional groups attached to an aromatic ring is 1. The lowest BCUT2D eigenvalue weighted by molar-refractivity contribution is 0.315. The molecule has 0 atom stereocenters. The molecule has 20 heavy (non-hydrogen) atoms. The number of nitrogens with zero attached hydrogens (tertiary/aromatic N) is 4. The fourth-order valence-corrected chi connectivity index (χ4v) is 2.47. The molecule has 2 heterocycles. The predicted octanol–water partition coefficient (Wildman–Crippen LogP) is -0.262. The third-order valence-electron chi connectivity index (χ3n) is 2.56. The minimum absolute atomic E-state index is 0.309. The Kier molecular flexibility index (Phi) is 2.79. The van der Waals surface area contributed by atoms with E-state index < -0.39 is 11.1 Å². The number of H-pyrrole nitrogens is 1. The summed E-state index contributed by atoms with van der Waals surface area (Å²) in [4.78, 5) is 26.8. The molecule has 0 amide bonds. The zero-order valence-corrected chi connectivity index (χ0v) is 11.0. The van der Waals surface area contributed by atoms with Gasteiger partial charge in [-0.2, -0.15) is 4.98 Å². The van der Waals surface area contributed by atoms with Crippen molar-refractivity contribution < 1.29 is 4.63 Å². The van der Waals surface area contributed by atoms with E-state index in [1.54, 1.807) is 19.2 Å². The van der Waals surface area contributed by atoms with E-state index in [4.69, 9.17) is 5.73 Å². The number of fused-ring (bicyclic) bond motifs is 1. The van der Waals surface area contributed by atoms with Gasteiger partial charge in [0.05, 0.1) is 5.69 Å². The van der Waals surface area contributed by atoms with Crippen LogP contribution in [0, 0.1) is 0 Å². The summed E-state index contributed by atoms with van der Waals surface area (Å²) in [5, 5.41) is 10.1. The van der Waals surface area contributed by atoms with Gasteiger partial charge in [-0.15, -0.1) is 0 Å². The van der Waals surface area contributed by atoms with Crippen LogP contribution in [0.25, 0.3) is 11.0 Å². The predicted molar refractivity (Wildman–Crippen MR) is 70.4 cm³/mol. The van der Waals surface area contributed by atoms with Crippen molar-refractivity contribution in [1.82, 2.24) is 25.1 Å². The van der Waals surface area contributed by atoms with Crippen LogP contribution in [0.5, 0.6) is 0 Å². The van der Waals surface area contributed by atoms with Crippen LogP contribution < -0.4 is 16.9 Å². The van der Waals surface area contributed by atoms with Gasteiger partial charge in [-0.3, -0.25) is 19.4 Å². The molecule has 3 rings (SSSR count).